The highest BCUT2D eigenvalue weighted by molar-refractivity contribution is 5.71. The van der Waals surface area contributed by atoms with Gasteiger partial charge in [-0.25, -0.2) is 0 Å². The maximum Gasteiger partial charge on any atom is 0.306 e. The van der Waals surface area contributed by atoms with E-state index in [0.717, 1.165) is 135 Å². The van der Waals surface area contributed by atoms with E-state index < -0.39 is 6.10 Å². The maximum atomic E-state index is 12.9. The summed E-state index contributed by atoms with van der Waals surface area (Å²) in [4.78, 5) is 38.2. The third-order valence-corrected chi connectivity index (χ3v) is 14.1. The second-order valence-electron chi connectivity index (χ2n) is 22.0. The summed E-state index contributed by atoms with van der Waals surface area (Å²) in [5, 5.41) is 0. The van der Waals surface area contributed by atoms with Gasteiger partial charge in [0.25, 0.3) is 0 Å². The van der Waals surface area contributed by atoms with Crippen molar-refractivity contribution in [1.29, 1.82) is 0 Å². The predicted molar refractivity (Wildman–Crippen MR) is 353 cm³/mol. The average molecular weight is 1120 g/mol. The van der Waals surface area contributed by atoms with Gasteiger partial charge in [0, 0.05) is 19.3 Å². The van der Waals surface area contributed by atoms with Crippen molar-refractivity contribution in [2.45, 2.75) is 309 Å². The Bertz CT molecular complexity index is 1720. The van der Waals surface area contributed by atoms with Crippen LogP contribution in [0.15, 0.2) is 134 Å². The smallest absolute Gasteiger partial charge is 0.306 e. The van der Waals surface area contributed by atoms with Crippen LogP contribution in [-0.4, -0.2) is 37.2 Å². The third kappa shape index (κ3) is 66.2. The fraction of sp³-hybridized carbons (Fsp3) is 0.667. The van der Waals surface area contributed by atoms with Gasteiger partial charge in [0.1, 0.15) is 13.2 Å². The number of carbonyl (C=O) groups excluding carboxylic acids is 3. The number of ether oxygens (including phenoxy) is 3. The van der Waals surface area contributed by atoms with E-state index in [4.69, 9.17) is 14.2 Å². The summed E-state index contributed by atoms with van der Waals surface area (Å²) in [6.45, 7) is 6.50. The van der Waals surface area contributed by atoms with Gasteiger partial charge in [0.2, 0.25) is 0 Å². The van der Waals surface area contributed by atoms with Gasteiger partial charge < -0.3 is 14.2 Å². The van der Waals surface area contributed by atoms with Crippen molar-refractivity contribution in [3.05, 3.63) is 134 Å². The van der Waals surface area contributed by atoms with Crippen molar-refractivity contribution in [2.24, 2.45) is 0 Å². The molecule has 0 fully saturated rings. The molecule has 0 aromatic rings. The Labute approximate surface area is 500 Å². The molecule has 0 amide bonds. The summed E-state index contributed by atoms with van der Waals surface area (Å²) >= 11 is 0. The van der Waals surface area contributed by atoms with Crippen LogP contribution in [0.25, 0.3) is 0 Å². The highest BCUT2D eigenvalue weighted by atomic mass is 16.6. The molecule has 6 heteroatoms. The number of rotatable bonds is 60. The Balaban J connectivity index is 4.28. The van der Waals surface area contributed by atoms with E-state index in [1.807, 2.05) is 0 Å². The molecule has 1 unspecified atom stereocenters. The minimum Gasteiger partial charge on any atom is -0.462 e. The van der Waals surface area contributed by atoms with Gasteiger partial charge in [-0.1, -0.05) is 296 Å². The summed E-state index contributed by atoms with van der Waals surface area (Å²) in [6.07, 6.45) is 96.1. The molecule has 0 spiro atoms. The molecular formula is C75H124O6. The number of carbonyl (C=O) groups is 3. The molecule has 6 nitrogen and oxygen atoms in total. The van der Waals surface area contributed by atoms with E-state index >= 15 is 0 Å². The number of esters is 3. The first kappa shape index (κ1) is 76.5. The average Bonchev–Trinajstić information content (AvgIpc) is 3.47. The fourth-order valence-corrected chi connectivity index (χ4v) is 9.11. The first-order valence-electron chi connectivity index (χ1n) is 33.7. The monoisotopic (exact) mass is 1120 g/mol. The number of unbranched alkanes of at least 4 members (excludes halogenated alkanes) is 27. The molecule has 0 aromatic heterocycles. The Morgan fingerprint density at radius 3 is 0.765 bits per heavy atom. The lowest BCUT2D eigenvalue weighted by Gasteiger charge is -2.18. The molecule has 460 valence electrons. The molecule has 0 rings (SSSR count). The second-order valence-corrected chi connectivity index (χ2v) is 22.0. The first-order chi connectivity index (χ1) is 40.0. The molecule has 0 aliphatic rings. The number of allylic oxidation sites excluding steroid dienone is 22. The third-order valence-electron chi connectivity index (χ3n) is 14.1. The van der Waals surface area contributed by atoms with Gasteiger partial charge in [0.15, 0.2) is 6.10 Å². The summed E-state index contributed by atoms with van der Waals surface area (Å²) in [5.74, 6) is -0.915. The molecular weight excluding hydrogens is 997 g/mol. The fourth-order valence-electron chi connectivity index (χ4n) is 9.11. The lowest BCUT2D eigenvalue weighted by Crippen LogP contribution is -2.30. The molecule has 0 N–H and O–H groups in total. The Morgan fingerprint density at radius 1 is 0.259 bits per heavy atom. The molecule has 81 heavy (non-hydrogen) atoms. The molecule has 0 aliphatic carbocycles. The van der Waals surface area contributed by atoms with Crippen LogP contribution in [0.2, 0.25) is 0 Å². The predicted octanol–water partition coefficient (Wildman–Crippen LogP) is 23.3. The quantitative estimate of drug-likeness (QED) is 0.0261. The van der Waals surface area contributed by atoms with Crippen LogP contribution in [0.5, 0.6) is 0 Å². The molecule has 0 saturated carbocycles. The van der Waals surface area contributed by atoms with Crippen molar-refractivity contribution in [2.75, 3.05) is 13.2 Å². The van der Waals surface area contributed by atoms with E-state index in [1.165, 1.54) is 128 Å². The van der Waals surface area contributed by atoms with Gasteiger partial charge in [0.05, 0.1) is 0 Å². The first-order valence-corrected chi connectivity index (χ1v) is 33.7. The molecule has 0 bridgehead atoms. The van der Waals surface area contributed by atoms with Crippen LogP contribution in [0.4, 0.5) is 0 Å². The highest BCUT2D eigenvalue weighted by Gasteiger charge is 2.19. The standard InChI is InChI=1S/C75H124O6/c1-4-7-10-13-16-19-22-24-26-28-30-31-32-33-34-35-36-37-38-39-40-41-42-43-44-45-46-48-49-51-53-56-59-62-65-68-74(77)80-71-72(70-79-73(76)67-64-61-58-55-21-18-15-12-9-6-3)81-75(78)69-66-63-60-57-54-52-50-47-29-27-25-23-20-17-14-11-8-5-2/h7,10,16,19,24,26-27,29-31,33-34,36-37,39-40,42-43,45-46,49,51,72H,4-6,8-9,11-15,17-18,20-23,25,28,32,35,38,41,44,47-48,50,52-71H2,1-3H3/b10-7-,19-16-,26-24-,29-27-,31-30-,34-33-,37-36-,40-39-,43-42-,46-45-,51-49-. The number of hydrogen-bond acceptors (Lipinski definition) is 6. The minimum absolute atomic E-state index is 0.0879. The Hall–Kier alpha value is -4.45. The normalized spacial score (nSPS) is 13.0. The zero-order valence-corrected chi connectivity index (χ0v) is 52.8. The van der Waals surface area contributed by atoms with E-state index in [-0.39, 0.29) is 31.1 Å². The van der Waals surface area contributed by atoms with Crippen molar-refractivity contribution in [3.63, 3.8) is 0 Å². The van der Waals surface area contributed by atoms with E-state index in [2.05, 4.69) is 154 Å². The summed E-state index contributed by atoms with van der Waals surface area (Å²) < 4.78 is 16.9. The van der Waals surface area contributed by atoms with Crippen LogP contribution in [0.3, 0.4) is 0 Å². The van der Waals surface area contributed by atoms with E-state index in [1.54, 1.807) is 0 Å². The van der Waals surface area contributed by atoms with Crippen LogP contribution in [0.1, 0.15) is 303 Å². The van der Waals surface area contributed by atoms with Crippen molar-refractivity contribution >= 4 is 17.9 Å². The van der Waals surface area contributed by atoms with Crippen molar-refractivity contribution < 1.29 is 28.6 Å². The van der Waals surface area contributed by atoms with Gasteiger partial charge in [-0.15, -0.1) is 0 Å². The van der Waals surface area contributed by atoms with Gasteiger partial charge >= 0.3 is 17.9 Å². The molecule has 1 atom stereocenters. The lowest BCUT2D eigenvalue weighted by molar-refractivity contribution is -0.167. The molecule has 0 aromatic carbocycles. The summed E-state index contributed by atoms with van der Waals surface area (Å²) in [5.41, 5.74) is 0. The zero-order chi connectivity index (χ0) is 58.5. The van der Waals surface area contributed by atoms with E-state index in [0.29, 0.717) is 19.3 Å². The summed E-state index contributed by atoms with van der Waals surface area (Å²) in [6, 6.07) is 0. The van der Waals surface area contributed by atoms with Crippen LogP contribution in [-0.2, 0) is 28.6 Å². The highest BCUT2D eigenvalue weighted by Crippen LogP contribution is 2.15. The van der Waals surface area contributed by atoms with Gasteiger partial charge in [-0.2, -0.15) is 0 Å². The SMILES string of the molecule is CC/C=C\C/C=C\C/C=C\C/C=C\C/C=C\C/C=C\C/C=C\C/C=C\C/C=C\C/C=C\CCCCCCC(=O)OCC(COC(=O)CCCCCCCCCCCC)OC(=O)CCCCCCCCC/C=C\CCCCCCCCC. The zero-order valence-electron chi connectivity index (χ0n) is 52.8. The Morgan fingerprint density at radius 2 is 0.481 bits per heavy atom. The van der Waals surface area contributed by atoms with Crippen LogP contribution < -0.4 is 0 Å². The maximum absolute atomic E-state index is 12.9. The van der Waals surface area contributed by atoms with Gasteiger partial charge in [-0.05, 0) is 122 Å². The van der Waals surface area contributed by atoms with Crippen molar-refractivity contribution in [1.82, 2.24) is 0 Å². The topological polar surface area (TPSA) is 78.9 Å². The van der Waals surface area contributed by atoms with Crippen LogP contribution in [0, 0.1) is 0 Å². The Kier molecular flexibility index (Phi) is 64.3. The second kappa shape index (κ2) is 68.1. The number of hydrogen-bond donors (Lipinski definition) is 0. The largest absolute Gasteiger partial charge is 0.462 e. The van der Waals surface area contributed by atoms with Crippen LogP contribution >= 0.6 is 0 Å². The minimum atomic E-state index is -0.793. The van der Waals surface area contributed by atoms with Gasteiger partial charge in [-0.3, -0.25) is 14.4 Å². The van der Waals surface area contributed by atoms with Crippen molar-refractivity contribution in [3.8, 4) is 0 Å². The molecule has 0 radical (unpaired) electrons. The molecule has 0 saturated heterocycles. The molecule has 0 heterocycles. The summed E-state index contributed by atoms with van der Waals surface area (Å²) in [7, 11) is 0. The molecule has 0 aliphatic heterocycles. The lowest BCUT2D eigenvalue weighted by atomic mass is 10.1. The van der Waals surface area contributed by atoms with E-state index in [9.17, 15) is 14.4 Å².